The van der Waals surface area contributed by atoms with Gasteiger partial charge in [0.1, 0.15) is 0 Å². The molecule has 1 N–H and O–H groups in total. The van der Waals surface area contributed by atoms with Crippen LogP contribution in [0.3, 0.4) is 0 Å². The maximum Gasteiger partial charge on any atom is 0.169 e. The van der Waals surface area contributed by atoms with E-state index in [1.54, 1.807) is 7.11 Å². The number of nitrogens with zero attached hydrogens (tertiary/aromatic N) is 1. The molecule has 0 aromatic heterocycles. The van der Waals surface area contributed by atoms with Gasteiger partial charge < -0.3 is 15.0 Å². The van der Waals surface area contributed by atoms with Crippen molar-refractivity contribution in [1.82, 2.24) is 10.2 Å². The molecule has 14 heavy (non-hydrogen) atoms. The van der Waals surface area contributed by atoms with Crippen molar-refractivity contribution < 1.29 is 4.74 Å². The normalized spacial score (nSPS) is 10.8. The fraction of sp³-hybridized carbons (Fsp3) is 0.900. The van der Waals surface area contributed by atoms with Crippen molar-refractivity contribution >= 4 is 17.3 Å². The third-order valence-electron chi connectivity index (χ3n) is 1.83. The fourth-order valence-corrected chi connectivity index (χ4v) is 1.65. The summed E-state index contributed by atoms with van der Waals surface area (Å²) in [7, 11) is 1.71. The second kappa shape index (κ2) is 7.01. The molecule has 0 heterocycles. The Morgan fingerprint density at radius 2 is 1.93 bits per heavy atom. The molecule has 0 aromatic carbocycles. The topological polar surface area (TPSA) is 24.5 Å². The van der Waals surface area contributed by atoms with Crippen LogP contribution in [0.25, 0.3) is 0 Å². The van der Waals surface area contributed by atoms with Gasteiger partial charge in [-0.1, -0.05) is 0 Å². The highest BCUT2D eigenvalue weighted by molar-refractivity contribution is 7.80. The molecular formula is C10H22N2OS. The highest BCUT2D eigenvalue weighted by Crippen LogP contribution is 1.99. The van der Waals surface area contributed by atoms with Gasteiger partial charge in [0.2, 0.25) is 0 Å². The standard InChI is InChI=1S/C10H22N2OS/c1-8(2)11-10(14)12(9(3)4)6-7-13-5/h8-9H,6-7H2,1-5H3,(H,11,14). The lowest BCUT2D eigenvalue weighted by atomic mass is 10.3. The van der Waals surface area contributed by atoms with Crippen LogP contribution in [0, 0.1) is 0 Å². The Hall–Kier alpha value is -0.350. The van der Waals surface area contributed by atoms with Crippen molar-refractivity contribution in [3.8, 4) is 0 Å². The van der Waals surface area contributed by atoms with E-state index in [-0.39, 0.29) is 0 Å². The average molecular weight is 218 g/mol. The number of ether oxygens (including phenoxy) is 1. The maximum atomic E-state index is 5.30. The van der Waals surface area contributed by atoms with Crippen LogP contribution in [0.4, 0.5) is 0 Å². The summed E-state index contributed by atoms with van der Waals surface area (Å²) in [5, 5.41) is 4.05. The highest BCUT2D eigenvalue weighted by Gasteiger charge is 2.13. The Morgan fingerprint density at radius 1 is 1.36 bits per heavy atom. The van der Waals surface area contributed by atoms with E-state index in [4.69, 9.17) is 17.0 Å². The van der Waals surface area contributed by atoms with E-state index in [1.807, 2.05) is 0 Å². The van der Waals surface area contributed by atoms with E-state index < -0.39 is 0 Å². The molecule has 0 fully saturated rings. The van der Waals surface area contributed by atoms with Crippen LogP contribution in [0.1, 0.15) is 27.7 Å². The Morgan fingerprint density at radius 3 is 2.29 bits per heavy atom. The first-order chi connectivity index (χ1) is 6.49. The molecule has 0 rings (SSSR count). The molecule has 0 aromatic rings. The lowest BCUT2D eigenvalue weighted by Gasteiger charge is -2.30. The molecule has 0 spiro atoms. The molecule has 0 atom stereocenters. The van der Waals surface area contributed by atoms with Crippen LogP contribution < -0.4 is 5.32 Å². The summed E-state index contributed by atoms with van der Waals surface area (Å²) >= 11 is 5.30. The zero-order valence-corrected chi connectivity index (χ0v) is 10.6. The SMILES string of the molecule is COCCN(C(=S)NC(C)C)C(C)C. The first kappa shape index (κ1) is 13.7. The van der Waals surface area contributed by atoms with Gasteiger partial charge in [0.05, 0.1) is 6.61 Å². The van der Waals surface area contributed by atoms with Crippen molar-refractivity contribution in [2.24, 2.45) is 0 Å². The molecule has 0 amide bonds. The number of hydrogen-bond donors (Lipinski definition) is 1. The monoisotopic (exact) mass is 218 g/mol. The van der Waals surface area contributed by atoms with Crippen molar-refractivity contribution in [2.45, 2.75) is 39.8 Å². The van der Waals surface area contributed by atoms with Gasteiger partial charge in [-0.25, -0.2) is 0 Å². The number of rotatable bonds is 5. The quantitative estimate of drug-likeness (QED) is 0.709. The van der Waals surface area contributed by atoms with Crippen molar-refractivity contribution in [3.05, 3.63) is 0 Å². The lowest BCUT2D eigenvalue weighted by Crippen LogP contribution is -2.47. The first-order valence-electron chi connectivity index (χ1n) is 5.05. The van der Waals surface area contributed by atoms with E-state index in [2.05, 4.69) is 37.9 Å². The summed E-state index contributed by atoms with van der Waals surface area (Å²) in [5.74, 6) is 0. The number of nitrogens with one attached hydrogen (secondary N) is 1. The zero-order valence-electron chi connectivity index (χ0n) is 9.83. The van der Waals surface area contributed by atoms with Gasteiger partial charge in [0.25, 0.3) is 0 Å². The molecule has 4 heteroatoms. The molecule has 0 bridgehead atoms. The Labute approximate surface area is 92.8 Å². The minimum Gasteiger partial charge on any atom is -0.383 e. The van der Waals surface area contributed by atoms with Gasteiger partial charge >= 0.3 is 0 Å². The van der Waals surface area contributed by atoms with Gasteiger partial charge in [-0.3, -0.25) is 0 Å². The van der Waals surface area contributed by atoms with Gasteiger partial charge in [-0.2, -0.15) is 0 Å². The predicted octanol–water partition coefficient (Wildman–Crippen LogP) is 1.63. The second-order valence-electron chi connectivity index (χ2n) is 3.88. The summed E-state index contributed by atoms with van der Waals surface area (Å²) in [6.45, 7) is 9.97. The van der Waals surface area contributed by atoms with Crippen LogP contribution in [0.2, 0.25) is 0 Å². The van der Waals surface area contributed by atoms with E-state index in [1.165, 1.54) is 0 Å². The van der Waals surface area contributed by atoms with Crippen LogP contribution in [-0.2, 0) is 4.74 Å². The molecule has 0 aliphatic heterocycles. The molecule has 0 saturated carbocycles. The van der Waals surface area contributed by atoms with Crippen LogP contribution in [-0.4, -0.2) is 42.4 Å². The summed E-state index contributed by atoms with van der Waals surface area (Å²) in [6.07, 6.45) is 0. The van der Waals surface area contributed by atoms with E-state index in [9.17, 15) is 0 Å². The molecule has 0 radical (unpaired) electrons. The molecule has 3 nitrogen and oxygen atoms in total. The summed E-state index contributed by atoms with van der Waals surface area (Å²) in [4.78, 5) is 2.14. The molecule has 0 aliphatic carbocycles. The van der Waals surface area contributed by atoms with Crippen LogP contribution >= 0.6 is 12.2 Å². The Bertz CT molecular complexity index is 172. The molecule has 84 valence electrons. The minimum absolute atomic E-state index is 0.381. The smallest absolute Gasteiger partial charge is 0.169 e. The zero-order chi connectivity index (χ0) is 11.1. The van der Waals surface area contributed by atoms with Gasteiger partial charge in [0.15, 0.2) is 5.11 Å². The highest BCUT2D eigenvalue weighted by atomic mass is 32.1. The largest absolute Gasteiger partial charge is 0.383 e. The summed E-state index contributed by atoms with van der Waals surface area (Å²) in [5.41, 5.74) is 0. The fourth-order valence-electron chi connectivity index (χ4n) is 1.11. The van der Waals surface area contributed by atoms with Crippen molar-refractivity contribution in [1.29, 1.82) is 0 Å². The average Bonchev–Trinajstić information content (AvgIpc) is 2.02. The Balaban J connectivity index is 4.11. The van der Waals surface area contributed by atoms with Gasteiger partial charge in [-0.15, -0.1) is 0 Å². The number of hydrogen-bond acceptors (Lipinski definition) is 2. The van der Waals surface area contributed by atoms with Crippen LogP contribution in [0.15, 0.2) is 0 Å². The van der Waals surface area contributed by atoms with E-state index >= 15 is 0 Å². The number of thiocarbonyl (C=S) groups is 1. The third kappa shape index (κ3) is 5.40. The molecule has 0 aliphatic rings. The van der Waals surface area contributed by atoms with Gasteiger partial charge in [0, 0.05) is 25.7 Å². The first-order valence-corrected chi connectivity index (χ1v) is 5.46. The maximum absolute atomic E-state index is 5.30. The van der Waals surface area contributed by atoms with Crippen molar-refractivity contribution in [2.75, 3.05) is 20.3 Å². The number of methoxy groups -OCH3 is 1. The van der Waals surface area contributed by atoms with E-state index in [0.29, 0.717) is 18.7 Å². The third-order valence-corrected chi connectivity index (χ3v) is 2.19. The summed E-state index contributed by atoms with van der Waals surface area (Å²) in [6, 6.07) is 0.787. The van der Waals surface area contributed by atoms with E-state index in [0.717, 1.165) is 11.7 Å². The van der Waals surface area contributed by atoms with Gasteiger partial charge in [-0.05, 0) is 39.9 Å². The molecular weight excluding hydrogens is 196 g/mol. The van der Waals surface area contributed by atoms with Crippen LogP contribution in [0.5, 0.6) is 0 Å². The lowest BCUT2D eigenvalue weighted by molar-refractivity contribution is 0.166. The minimum atomic E-state index is 0.381. The summed E-state index contributed by atoms with van der Waals surface area (Å²) < 4.78 is 5.05. The predicted molar refractivity (Wildman–Crippen MR) is 64.6 cm³/mol. The molecule has 0 saturated heterocycles. The Kier molecular flexibility index (Phi) is 6.83. The molecule has 0 unspecified atom stereocenters. The second-order valence-corrected chi connectivity index (χ2v) is 4.27. The van der Waals surface area contributed by atoms with Crippen molar-refractivity contribution in [3.63, 3.8) is 0 Å².